The highest BCUT2D eigenvalue weighted by molar-refractivity contribution is 8.02. The van der Waals surface area contributed by atoms with E-state index >= 15 is 0 Å². The normalized spacial score (nSPS) is 19.3. The maximum atomic E-state index is 11.7. The molecule has 1 aromatic carbocycles. The van der Waals surface area contributed by atoms with E-state index in [0.29, 0.717) is 17.1 Å². The van der Waals surface area contributed by atoms with Crippen LogP contribution in [0.2, 0.25) is 5.02 Å². The summed E-state index contributed by atoms with van der Waals surface area (Å²) in [6.07, 6.45) is 0.549. The fourth-order valence-corrected chi connectivity index (χ4v) is 5.64. The topological polar surface area (TPSA) is 89.5 Å². The number of halogens is 1. The maximum Gasteiger partial charge on any atom is 0.316 e. The molecule has 1 aliphatic heterocycles. The highest BCUT2D eigenvalue weighted by Gasteiger charge is 2.28. The Morgan fingerprint density at radius 2 is 2.09 bits per heavy atom. The summed E-state index contributed by atoms with van der Waals surface area (Å²) in [5.41, 5.74) is 0.445. The number of para-hydroxylation sites is 1. The minimum absolute atomic E-state index is 0.0273. The van der Waals surface area contributed by atoms with Crippen molar-refractivity contribution < 1.29 is 22.7 Å². The van der Waals surface area contributed by atoms with E-state index in [1.54, 1.807) is 24.3 Å². The fraction of sp³-hybridized carbons (Fsp3) is 0.429. The Morgan fingerprint density at radius 1 is 1.35 bits per heavy atom. The van der Waals surface area contributed by atoms with Crippen LogP contribution >= 0.6 is 23.4 Å². The average molecular weight is 378 g/mol. The van der Waals surface area contributed by atoms with Crippen molar-refractivity contribution in [3.05, 3.63) is 29.3 Å². The van der Waals surface area contributed by atoms with Crippen LogP contribution in [0.4, 0.5) is 5.69 Å². The van der Waals surface area contributed by atoms with Crippen LogP contribution in [0.1, 0.15) is 6.42 Å². The molecule has 0 aliphatic carbocycles. The zero-order valence-electron chi connectivity index (χ0n) is 12.2. The molecule has 1 aromatic rings. The smallest absolute Gasteiger partial charge is 0.316 e. The largest absolute Gasteiger partial charge is 0.455 e. The van der Waals surface area contributed by atoms with E-state index in [0.717, 1.165) is 0 Å². The highest BCUT2D eigenvalue weighted by atomic mass is 35.5. The van der Waals surface area contributed by atoms with Gasteiger partial charge in [-0.05, 0) is 18.6 Å². The quantitative estimate of drug-likeness (QED) is 0.759. The molecule has 1 saturated heterocycles. The van der Waals surface area contributed by atoms with Crippen LogP contribution in [0, 0.1) is 0 Å². The Kier molecular flexibility index (Phi) is 6.32. The number of anilines is 1. The van der Waals surface area contributed by atoms with E-state index in [9.17, 15) is 18.0 Å². The van der Waals surface area contributed by atoms with Crippen LogP contribution in [0.3, 0.4) is 0 Å². The van der Waals surface area contributed by atoms with Crippen molar-refractivity contribution in [2.45, 2.75) is 11.7 Å². The number of amides is 1. The maximum absolute atomic E-state index is 11.7. The van der Waals surface area contributed by atoms with E-state index in [-0.39, 0.29) is 22.5 Å². The second-order valence-corrected chi connectivity index (χ2v) is 8.95. The number of carbonyl (C=O) groups excluding carboxylic acids is 2. The first kappa shape index (κ1) is 18.1. The summed E-state index contributed by atoms with van der Waals surface area (Å²) >= 11 is 7.15. The van der Waals surface area contributed by atoms with Gasteiger partial charge in [-0.3, -0.25) is 9.59 Å². The van der Waals surface area contributed by atoms with Gasteiger partial charge >= 0.3 is 5.97 Å². The Bertz CT molecular complexity index is 692. The zero-order chi connectivity index (χ0) is 16.9. The molecule has 0 unspecified atom stereocenters. The number of rotatable bonds is 6. The summed E-state index contributed by atoms with van der Waals surface area (Å²) < 4.78 is 27.5. The molecule has 9 heteroatoms. The first-order valence-electron chi connectivity index (χ1n) is 6.88. The number of hydrogen-bond acceptors (Lipinski definition) is 6. The van der Waals surface area contributed by atoms with Crippen LogP contribution in [0.15, 0.2) is 24.3 Å². The standard InChI is InChI=1S/C14H16ClNO5S2/c15-11-3-1-2-4-12(11)16-13(17)7-21-14(18)8-22-10-5-6-23(19,20)9-10/h1-4,10H,5-9H2,(H,16,17)/t10-/m0/s1. The molecule has 1 atom stereocenters. The molecule has 1 aliphatic rings. The molecule has 1 N–H and O–H groups in total. The molecule has 1 heterocycles. The molecular formula is C14H16ClNO5S2. The summed E-state index contributed by atoms with van der Waals surface area (Å²) in [5, 5.41) is 2.85. The Balaban J connectivity index is 1.68. The predicted molar refractivity (Wildman–Crippen MR) is 90.6 cm³/mol. The van der Waals surface area contributed by atoms with Gasteiger partial charge in [-0.15, -0.1) is 11.8 Å². The van der Waals surface area contributed by atoms with Crippen molar-refractivity contribution in [3.8, 4) is 0 Å². The second kappa shape index (κ2) is 8.03. The zero-order valence-corrected chi connectivity index (χ0v) is 14.5. The third-order valence-corrected chi connectivity index (χ3v) is 6.72. The number of thioether (sulfide) groups is 1. The molecule has 6 nitrogen and oxygen atoms in total. The van der Waals surface area contributed by atoms with E-state index in [1.165, 1.54) is 11.8 Å². The molecule has 2 rings (SSSR count). The van der Waals surface area contributed by atoms with Gasteiger partial charge < -0.3 is 10.1 Å². The lowest BCUT2D eigenvalue weighted by Gasteiger charge is -2.09. The molecule has 0 aromatic heterocycles. The number of ether oxygens (including phenoxy) is 1. The fourth-order valence-electron chi connectivity index (χ4n) is 2.01. The second-order valence-electron chi connectivity index (χ2n) is 5.02. The number of esters is 1. The summed E-state index contributed by atoms with van der Waals surface area (Å²) in [5.74, 6) is -0.745. The molecule has 23 heavy (non-hydrogen) atoms. The van der Waals surface area contributed by atoms with E-state index in [1.807, 2.05) is 0 Å². The summed E-state index contributed by atoms with van der Waals surface area (Å²) in [6, 6.07) is 6.73. The summed E-state index contributed by atoms with van der Waals surface area (Å²) in [6.45, 7) is -0.409. The van der Waals surface area contributed by atoms with E-state index in [2.05, 4.69) is 5.32 Å². The lowest BCUT2D eigenvalue weighted by Crippen LogP contribution is -2.22. The minimum atomic E-state index is -2.96. The monoisotopic (exact) mass is 377 g/mol. The van der Waals surface area contributed by atoms with Gasteiger partial charge in [-0.2, -0.15) is 0 Å². The van der Waals surface area contributed by atoms with Gasteiger partial charge in [-0.25, -0.2) is 8.42 Å². The Labute approximate surface area is 143 Å². The third-order valence-electron chi connectivity index (χ3n) is 3.14. The van der Waals surface area contributed by atoms with Crippen LogP contribution in [0.5, 0.6) is 0 Å². The van der Waals surface area contributed by atoms with E-state index < -0.39 is 28.3 Å². The minimum Gasteiger partial charge on any atom is -0.455 e. The van der Waals surface area contributed by atoms with Crippen molar-refractivity contribution in [3.63, 3.8) is 0 Å². The number of carbonyl (C=O) groups is 2. The first-order chi connectivity index (χ1) is 10.9. The third kappa shape index (κ3) is 6.04. The van der Waals surface area contributed by atoms with Crippen LogP contribution in [-0.2, 0) is 24.2 Å². The molecule has 0 saturated carbocycles. The van der Waals surface area contributed by atoms with Gasteiger partial charge in [0.25, 0.3) is 5.91 Å². The molecule has 0 bridgehead atoms. The Hall–Kier alpha value is -1.25. The lowest BCUT2D eigenvalue weighted by molar-refractivity contribution is -0.144. The lowest BCUT2D eigenvalue weighted by atomic mass is 10.3. The average Bonchev–Trinajstić information content (AvgIpc) is 2.85. The summed E-state index contributed by atoms with van der Waals surface area (Å²) in [7, 11) is -2.96. The number of sulfone groups is 1. The van der Waals surface area contributed by atoms with Crippen molar-refractivity contribution in [1.29, 1.82) is 0 Å². The molecular weight excluding hydrogens is 362 g/mol. The van der Waals surface area contributed by atoms with Crippen molar-refractivity contribution in [1.82, 2.24) is 0 Å². The van der Waals surface area contributed by atoms with Crippen LogP contribution in [0.25, 0.3) is 0 Å². The van der Waals surface area contributed by atoms with Crippen molar-refractivity contribution >= 4 is 50.8 Å². The summed E-state index contributed by atoms with van der Waals surface area (Å²) in [4.78, 5) is 23.3. The number of hydrogen-bond donors (Lipinski definition) is 1. The van der Waals surface area contributed by atoms with Gasteiger partial charge in [0.1, 0.15) is 0 Å². The molecule has 1 amide bonds. The van der Waals surface area contributed by atoms with Gasteiger partial charge in [0.15, 0.2) is 16.4 Å². The van der Waals surface area contributed by atoms with Crippen molar-refractivity contribution in [2.24, 2.45) is 0 Å². The van der Waals surface area contributed by atoms with Crippen LogP contribution in [-0.4, -0.2) is 49.4 Å². The molecule has 0 spiro atoms. The molecule has 126 valence electrons. The van der Waals surface area contributed by atoms with Gasteiger partial charge in [-0.1, -0.05) is 23.7 Å². The highest BCUT2D eigenvalue weighted by Crippen LogP contribution is 2.24. The van der Waals surface area contributed by atoms with Gasteiger partial charge in [0.05, 0.1) is 28.0 Å². The first-order valence-corrected chi connectivity index (χ1v) is 10.1. The van der Waals surface area contributed by atoms with Crippen LogP contribution < -0.4 is 5.32 Å². The number of benzene rings is 1. The molecule has 1 fully saturated rings. The SMILES string of the molecule is O=C(COC(=O)CS[C@H]1CCS(=O)(=O)C1)Nc1ccccc1Cl. The number of nitrogens with one attached hydrogen (secondary N) is 1. The van der Waals surface area contributed by atoms with Gasteiger partial charge in [0.2, 0.25) is 0 Å². The van der Waals surface area contributed by atoms with Crippen molar-refractivity contribution in [2.75, 3.05) is 29.2 Å². The molecule has 0 radical (unpaired) electrons. The van der Waals surface area contributed by atoms with Gasteiger partial charge in [0, 0.05) is 5.25 Å². The Morgan fingerprint density at radius 3 is 2.74 bits per heavy atom. The van der Waals surface area contributed by atoms with E-state index in [4.69, 9.17) is 16.3 Å². The predicted octanol–water partition coefficient (Wildman–Crippen LogP) is 1.74.